The molecule has 0 spiro atoms. The molecule has 1 aromatic carbocycles. The van der Waals surface area contributed by atoms with Crippen molar-refractivity contribution in [3.8, 4) is 0 Å². The molecule has 0 radical (unpaired) electrons. The summed E-state index contributed by atoms with van der Waals surface area (Å²) in [6.45, 7) is 1.86. The van der Waals surface area contributed by atoms with Crippen LogP contribution in [0.25, 0.3) is 10.9 Å². The Labute approximate surface area is 92.4 Å². The Balaban J connectivity index is 2.91. The molecule has 2 rings (SSSR count). The molecule has 0 aliphatic carbocycles. The summed E-state index contributed by atoms with van der Waals surface area (Å²) in [4.78, 5) is 4.35. The first-order chi connectivity index (χ1) is 7.09. The molecule has 0 saturated heterocycles. The Morgan fingerprint density at radius 3 is 2.87 bits per heavy atom. The molecule has 0 aliphatic rings. The molecule has 4 heteroatoms. The lowest BCUT2D eigenvalue weighted by molar-refractivity contribution is 1.25. The maximum absolute atomic E-state index is 7.45. The van der Waals surface area contributed by atoms with Gasteiger partial charge in [0.15, 0.2) is 0 Å². The average Bonchev–Trinajstić information content (AvgIpc) is 2.16. The lowest BCUT2D eigenvalue weighted by Gasteiger charge is -2.06. The number of fused-ring (bicyclic) bond motifs is 1. The van der Waals surface area contributed by atoms with Crippen molar-refractivity contribution in [1.82, 2.24) is 4.98 Å². The fraction of sp³-hybridized carbons (Fsp3) is 0.0909. The normalized spacial score (nSPS) is 10.5. The van der Waals surface area contributed by atoms with Crippen molar-refractivity contribution in [3.63, 3.8) is 0 Å². The number of nitrogen functional groups attached to an aromatic ring is 1. The van der Waals surface area contributed by atoms with Crippen LogP contribution < -0.4 is 5.73 Å². The predicted molar refractivity (Wildman–Crippen MR) is 62.5 cm³/mol. The van der Waals surface area contributed by atoms with Crippen molar-refractivity contribution < 1.29 is 0 Å². The van der Waals surface area contributed by atoms with Gasteiger partial charge in [-0.05, 0) is 19.1 Å². The highest BCUT2D eigenvalue weighted by atomic mass is 35.5. The molecular formula is C11H10ClN3. The summed E-state index contributed by atoms with van der Waals surface area (Å²) in [5.74, 6) is 0.00904. The van der Waals surface area contributed by atoms with Crippen molar-refractivity contribution in [2.24, 2.45) is 5.73 Å². The van der Waals surface area contributed by atoms with Gasteiger partial charge in [0, 0.05) is 16.6 Å². The van der Waals surface area contributed by atoms with E-state index in [9.17, 15) is 0 Å². The second-order valence-corrected chi connectivity index (χ2v) is 3.77. The zero-order chi connectivity index (χ0) is 11.0. The van der Waals surface area contributed by atoms with Crippen LogP contribution in [0.3, 0.4) is 0 Å². The number of hydrogen-bond donors (Lipinski definition) is 2. The highest BCUT2D eigenvalue weighted by Gasteiger charge is 2.08. The van der Waals surface area contributed by atoms with E-state index in [0.29, 0.717) is 16.1 Å². The Kier molecular flexibility index (Phi) is 2.32. The zero-order valence-corrected chi connectivity index (χ0v) is 8.97. The van der Waals surface area contributed by atoms with Crippen LogP contribution in [0.2, 0.25) is 5.02 Å². The fourth-order valence-electron chi connectivity index (χ4n) is 1.54. The number of nitrogens with zero attached hydrogens (tertiary/aromatic N) is 1. The highest BCUT2D eigenvalue weighted by molar-refractivity contribution is 6.35. The standard InChI is InChI=1S/C11H10ClN3/c1-6-5-9(12)7-3-2-4-8(11(13)14)10(7)15-6/h2-5H,1H3,(H3,13,14). The first-order valence-electron chi connectivity index (χ1n) is 4.50. The van der Waals surface area contributed by atoms with E-state index in [1.165, 1.54) is 0 Å². The number of hydrogen-bond acceptors (Lipinski definition) is 2. The lowest BCUT2D eigenvalue weighted by atomic mass is 10.1. The summed E-state index contributed by atoms with van der Waals surface area (Å²) in [5.41, 5.74) is 7.61. The molecule has 1 heterocycles. The van der Waals surface area contributed by atoms with E-state index >= 15 is 0 Å². The minimum Gasteiger partial charge on any atom is -0.384 e. The van der Waals surface area contributed by atoms with Crippen molar-refractivity contribution in [3.05, 3.63) is 40.5 Å². The van der Waals surface area contributed by atoms with Crippen LogP contribution in [-0.4, -0.2) is 10.8 Å². The number of nitrogens with one attached hydrogen (secondary N) is 1. The molecule has 0 atom stereocenters. The molecule has 1 aromatic heterocycles. The van der Waals surface area contributed by atoms with Crippen LogP contribution in [0.4, 0.5) is 0 Å². The van der Waals surface area contributed by atoms with E-state index in [1.54, 1.807) is 12.1 Å². The number of amidine groups is 1. The van der Waals surface area contributed by atoms with Crippen molar-refractivity contribution in [2.45, 2.75) is 6.92 Å². The van der Waals surface area contributed by atoms with E-state index in [2.05, 4.69) is 4.98 Å². The molecule has 2 aromatic rings. The lowest BCUT2D eigenvalue weighted by Crippen LogP contribution is -2.12. The van der Waals surface area contributed by atoms with Gasteiger partial charge in [0.1, 0.15) is 5.84 Å². The third-order valence-electron chi connectivity index (χ3n) is 2.21. The maximum Gasteiger partial charge on any atom is 0.125 e. The molecule has 0 bridgehead atoms. The third-order valence-corrected chi connectivity index (χ3v) is 2.52. The Bertz CT molecular complexity index is 549. The number of nitrogens with two attached hydrogens (primary N) is 1. The Morgan fingerprint density at radius 1 is 1.47 bits per heavy atom. The second-order valence-electron chi connectivity index (χ2n) is 3.36. The number of aryl methyl sites for hydroxylation is 1. The number of rotatable bonds is 1. The van der Waals surface area contributed by atoms with Gasteiger partial charge in [-0.2, -0.15) is 0 Å². The van der Waals surface area contributed by atoms with Gasteiger partial charge < -0.3 is 5.73 Å². The Morgan fingerprint density at radius 2 is 2.20 bits per heavy atom. The number of para-hydroxylation sites is 1. The molecule has 0 amide bonds. The number of benzene rings is 1. The SMILES string of the molecule is Cc1cc(Cl)c2cccc(C(=N)N)c2n1. The number of aromatic nitrogens is 1. The van der Waals surface area contributed by atoms with Crippen molar-refractivity contribution >= 4 is 28.3 Å². The van der Waals surface area contributed by atoms with Crippen molar-refractivity contribution in [2.75, 3.05) is 0 Å². The molecule has 15 heavy (non-hydrogen) atoms. The summed E-state index contributed by atoms with van der Waals surface area (Å²) >= 11 is 6.09. The van der Waals surface area contributed by atoms with Gasteiger partial charge in [-0.25, -0.2) is 0 Å². The van der Waals surface area contributed by atoms with Gasteiger partial charge in [-0.15, -0.1) is 0 Å². The first kappa shape index (κ1) is 9.93. The average molecular weight is 220 g/mol. The van der Waals surface area contributed by atoms with E-state index in [4.69, 9.17) is 22.7 Å². The second kappa shape index (κ2) is 3.51. The maximum atomic E-state index is 7.45. The van der Waals surface area contributed by atoms with Crippen LogP contribution in [0.5, 0.6) is 0 Å². The minimum absolute atomic E-state index is 0.00904. The molecule has 3 nitrogen and oxygen atoms in total. The molecule has 0 fully saturated rings. The summed E-state index contributed by atoms with van der Waals surface area (Å²) in [5, 5.41) is 8.92. The van der Waals surface area contributed by atoms with Gasteiger partial charge >= 0.3 is 0 Å². The third kappa shape index (κ3) is 1.66. The van der Waals surface area contributed by atoms with E-state index in [0.717, 1.165) is 11.1 Å². The van der Waals surface area contributed by atoms with E-state index < -0.39 is 0 Å². The van der Waals surface area contributed by atoms with Crippen LogP contribution in [0.1, 0.15) is 11.3 Å². The van der Waals surface area contributed by atoms with Gasteiger partial charge in [0.05, 0.1) is 10.5 Å². The zero-order valence-electron chi connectivity index (χ0n) is 8.21. The van der Waals surface area contributed by atoms with Crippen molar-refractivity contribution in [1.29, 1.82) is 5.41 Å². The van der Waals surface area contributed by atoms with Crippen LogP contribution in [0.15, 0.2) is 24.3 Å². The molecular weight excluding hydrogens is 210 g/mol. The largest absolute Gasteiger partial charge is 0.384 e. The number of pyridine rings is 1. The van der Waals surface area contributed by atoms with Crippen LogP contribution in [0, 0.1) is 12.3 Å². The van der Waals surface area contributed by atoms with E-state index in [1.807, 2.05) is 19.1 Å². The fourth-order valence-corrected chi connectivity index (χ4v) is 1.85. The quantitative estimate of drug-likeness (QED) is 0.572. The van der Waals surface area contributed by atoms with Gasteiger partial charge in [-0.3, -0.25) is 10.4 Å². The topological polar surface area (TPSA) is 62.8 Å². The van der Waals surface area contributed by atoms with Gasteiger partial charge in [-0.1, -0.05) is 23.7 Å². The Hall–Kier alpha value is -1.61. The summed E-state index contributed by atoms with van der Waals surface area (Å²) < 4.78 is 0. The molecule has 0 saturated carbocycles. The predicted octanol–water partition coefficient (Wildman–Crippen LogP) is 2.48. The van der Waals surface area contributed by atoms with Crippen LogP contribution in [-0.2, 0) is 0 Å². The first-order valence-corrected chi connectivity index (χ1v) is 4.87. The number of halogens is 1. The molecule has 0 aliphatic heterocycles. The summed E-state index contributed by atoms with van der Waals surface area (Å²) in [6.07, 6.45) is 0. The molecule has 76 valence electrons. The van der Waals surface area contributed by atoms with Crippen LogP contribution >= 0.6 is 11.6 Å². The minimum atomic E-state index is 0.00904. The highest BCUT2D eigenvalue weighted by Crippen LogP contribution is 2.25. The summed E-state index contributed by atoms with van der Waals surface area (Å²) in [7, 11) is 0. The monoisotopic (exact) mass is 219 g/mol. The molecule has 0 unspecified atom stereocenters. The molecule has 3 N–H and O–H groups in total. The summed E-state index contributed by atoms with van der Waals surface area (Å²) in [6, 6.07) is 7.26. The van der Waals surface area contributed by atoms with Gasteiger partial charge in [0.2, 0.25) is 0 Å². The smallest absolute Gasteiger partial charge is 0.125 e. The van der Waals surface area contributed by atoms with Gasteiger partial charge in [0.25, 0.3) is 0 Å². The van der Waals surface area contributed by atoms with E-state index in [-0.39, 0.29) is 5.84 Å².